The van der Waals surface area contributed by atoms with Gasteiger partial charge >= 0.3 is 0 Å². The van der Waals surface area contributed by atoms with E-state index in [1.165, 1.54) is 57.9 Å². The molecule has 2 aromatic heterocycles. The Balaban J connectivity index is 1.35. The van der Waals surface area contributed by atoms with Gasteiger partial charge in [-0.15, -0.1) is 22.7 Å². The molecule has 0 unspecified atom stereocenters. The number of fused-ring (bicyclic) bond motifs is 4. The highest BCUT2D eigenvalue weighted by molar-refractivity contribution is 7.80. The minimum absolute atomic E-state index is 0.597. The second-order valence-corrected chi connectivity index (χ2v) is 15.3. The van der Waals surface area contributed by atoms with Gasteiger partial charge in [-0.2, -0.15) is 0 Å². The first kappa shape index (κ1) is 29.7. The van der Waals surface area contributed by atoms with Gasteiger partial charge in [-0.25, -0.2) is 0 Å². The van der Waals surface area contributed by atoms with Crippen LogP contribution < -0.4 is 25.7 Å². The Labute approximate surface area is 270 Å². The number of hydrogen-bond donors (Lipinski definition) is 0. The zero-order chi connectivity index (χ0) is 30.3. The van der Waals surface area contributed by atoms with Gasteiger partial charge in [0.05, 0.1) is 23.0 Å². The van der Waals surface area contributed by atoms with Gasteiger partial charge in [0.2, 0.25) is 5.79 Å². The van der Waals surface area contributed by atoms with Crippen LogP contribution in [0.5, 0.6) is 0 Å². The Morgan fingerprint density at radius 1 is 0.614 bits per heavy atom. The Kier molecular flexibility index (Phi) is 8.39. The summed E-state index contributed by atoms with van der Waals surface area (Å²) in [7, 11) is -0.779. The molecule has 0 saturated carbocycles. The van der Waals surface area contributed by atoms with Crippen molar-refractivity contribution >= 4 is 57.9 Å². The molecule has 0 atom stereocenters. The summed E-state index contributed by atoms with van der Waals surface area (Å²) in [6.07, 6.45) is 0. The van der Waals surface area contributed by atoms with Crippen LogP contribution in [0.4, 0.5) is 11.4 Å². The molecule has 226 valence electrons. The smallest absolute Gasteiger partial charge is 0.242 e. The lowest BCUT2D eigenvalue weighted by Crippen LogP contribution is -2.41. The van der Waals surface area contributed by atoms with Crippen molar-refractivity contribution in [3.05, 3.63) is 101 Å². The summed E-state index contributed by atoms with van der Waals surface area (Å²) in [5.74, 6) is -0.841. The molecule has 0 N–H and O–H groups in total. The topological polar surface area (TPSA) is 24.9 Å². The van der Waals surface area contributed by atoms with Gasteiger partial charge in [0.1, 0.15) is 0 Å². The monoisotopic (exact) mass is 638 g/mol. The van der Waals surface area contributed by atoms with E-state index in [2.05, 4.69) is 128 Å². The van der Waals surface area contributed by atoms with Crippen molar-refractivity contribution in [2.24, 2.45) is 0 Å². The Hall–Kier alpha value is -2.99. The number of anilines is 2. The minimum atomic E-state index is -0.841. The lowest BCUT2D eigenvalue weighted by atomic mass is 10.1. The molecular weight excluding hydrogens is 600 g/mol. The molecular formula is C37H39N2O2PS2. The lowest BCUT2D eigenvalue weighted by Gasteiger charge is -2.35. The van der Waals surface area contributed by atoms with Crippen LogP contribution in [0.2, 0.25) is 0 Å². The van der Waals surface area contributed by atoms with Crippen molar-refractivity contribution in [3.63, 3.8) is 0 Å². The first-order chi connectivity index (χ1) is 21.6. The second kappa shape index (κ2) is 12.4. The fourth-order valence-corrected chi connectivity index (χ4v) is 12.4. The summed E-state index contributed by atoms with van der Waals surface area (Å²) in [6.45, 7) is 14.1. The fourth-order valence-electron chi connectivity index (χ4n) is 6.46. The van der Waals surface area contributed by atoms with E-state index in [0.717, 1.165) is 26.2 Å². The van der Waals surface area contributed by atoms with E-state index in [1.807, 2.05) is 22.7 Å². The van der Waals surface area contributed by atoms with E-state index in [9.17, 15) is 0 Å². The van der Waals surface area contributed by atoms with Crippen LogP contribution in [-0.4, -0.2) is 39.4 Å². The van der Waals surface area contributed by atoms with Gasteiger partial charge in [0.15, 0.2) is 0 Å². The quantitative estimate of drug-likeness (QED) is 0.152. The maximum absolute atomic E-state index is 6.67. The zero-order valence-corrected chi connectivity index (χ0v) is 28.4. The fraction of sp³-hybridized carbons (Fsp3) is 0.297. The molecule has 2 aliphatic heterocycles. The molecule has 7 rings (SSSR count). The predicted octanol–water partition coefficient (Wildman–Crippen LogP) is 8.16. The number of rotatable bonds is 9. The molecule has 0 radical (unpaired) electrons. The van der Waals surface area contributed by atoms with Gasteiger partial charge in [0, 0.05) is 57.9 Å². The van der Waals surface area contributed by atoms with Crippen LogP contribution in [0.1, 0.15) is 37.4 Å². The summed E-state index contributed by atoms with van der Waals surface area (Å²) in [4.78, 5) is 9.74. The maximum Gasteiger partial charge on any atom is 0.242 e. The number of thiophene rings is 2. The third kappa shape index (κ3) is 5.02. The summed E-state index contributed by atoms with van der Waals surface area (Å²) in [5, 5.41) is 4.07. The molecule has 44 heavy (non-hydrogen) atoms. The highest BCUT2D eigenvalue weighted by atomic mass is 32.1. The van der Waals surface area contributed by atoms with E-state index >= 15 is 0 Å². The Bertz CT molecular complexity index is 1610. The van der Waals surface area contributed by atoms with E-state index in [1.54, 1.807) is 0 Å². The molecule has 5 aromatic rings. The summed E-state index contributed by atoms with van der Waals surface area (Å²) < 4.78 is 13.3. The molecule has 4 nitrogen and oxygen atoms in total. The van der Waals surface area contributed by atoms with Crippen molar-refractivity contribution in [1.29, 1.82) is 0 Å². The van der Waals surface area contributed by atoms with Gasteiger partial charge in [0.25, 0.3) is 0 Å². The molecule has 1 saturated heterocycles. The van der Waals surface area contributed by atoms with Crippen molar-refractivity contribution in [2.45, 2.75) is 33.5 Å². The second-order valence-electron chi connectivity index (χ2n) is 11.1. The molecule has 0 bridgehead atoms. The third-order valence-electron chi connectivity index (χ3n) is 8.77. The Morgan fingerprint density at radius 2 is 1.05 bits per heavy atom. The van der Waals surface area contributed by atoms with Gasteiger partial charge in [-0.3, -0.25) is 0 Å². The van der Waals surface area contributed by atoms with Crippen molar-refractivity contribution in [1.82, 2.24) is 0 Å². The molecule has 4 heterocycles. The SMILES string of the molecule is CCN(CC)c1ccc(-c2cc3c(s2)C2(OCCO2)c2sc(-c4ccc(N(CC)CC)cc4)cc2P3c2ccccc2)cc1. The van der Waals surface area contributed by atoms with E-state index in [-0.39, 0.29) is 0 Å². The molecule has 1 fully saturated rings. The summed E-state index contributed by atoms with van der Waals surface area (Å²) in [6, 6.07) is 34.0. The Morgan fingerprint density at radius 3 is 1.45 bits per heavy atom. The minimum Gasteiger partial charge on any atom is -0.372 e. The normalized spacial score (nSPS) is 15.4. The number of hydrogen-bond acceptors (Lipinski definition) is 6. The zero-order valence-electron chi connectivity index (χ0n) is 25.9. The highest BCUT2D eigenvalue weighted by Gasteiger charge is 2.52. The first-order valence-electron chi connectivity index (χ1n) is 15.7. The average Bonchev–Trinajstić information content (AvgIpc) is 3.84. The molecule has 0 aliphatic carbocycles. The third-order valence-corrected chi connectivity index (χ3v) is 14.1. The maximum atomic E-state index is 6.67. The first-order valence-corrected chi connectivity index (χ1v) is 18.7. The summed E-state index contributed by atoms with van der Waals surface area (Å²) in [5.41, 5.74) is 5.03. The summed E-state index contributed by atoms with van der Waals surface area (Å²) >= 11 is 3.68. The number of ether oxygens (including phenoxy) is 2. The average molecular weight is 639 g/mol. The molecule has 3 aromatic carbocycles. The van der Waals surface area contributed by atoms with Crippen LogP contribution >= 0.6 is 30.6 Å². The van der Waals surface area contributed by atoms with Crippen LogP contribution in [0, 0.1) is 0 Å². The largest absolute Gasteiger partial charge is 0.372 e. The van der Waals surface area contributed by atoms with Crippen molar-refractivity contribution in [3.8, 4) is 20.9 Å². The van der Waals surface area contributed by atoms with Crippen LogP contribution in [0.15, 0.2) is 91.0 Å². The van der Waals surface area contributed by atoms with Crippen LogP contribution in [0.3, 0.4) is 0 Å². The number of benzene rings is 3. The van der Waals surface area contributed by atoms with Gasteiger partial charge in [-0.05, 0) is 88.4 Å². The molecule has 1 spiro atoms. The standard InChI is InChI=1S/C37H39N2O2PS2/c1-5-38(6-2)28-18-14-26(15-19-28)33-24-31-35(43-33)37(40-22-23-41-37)36-32(42(31)30-12-10-9-11-13-30)25-34(44-36)27-16-20-29(21-17-27)39(7-3)8-4/h9-21,24-25H,5-8,22-23H2,1-4H3. The molecule has 7 heteroatoms. The highest BCUT2D eigenvalue weighted by Crippen LogP contribution is 2.56. The van der Waals surface area contributed by atoms with Gasteiger partial charge < -0.3 is 19.3 Å². The predicted molar refractivity (Wildman–Crippen MR) is 192 cm³/mol. The van der Waals surface area contributed by atoms with Gasteiger partial charge in [-0.1, -0.05) is 54.6 Å². The van der Waals surface area contributed by atoms with E-state index < -0.39 is 13.7 Å². The van der Waals surface area contributed by atoms with Crippen molar-refractivity contribution in [2.75, 3.05) is 49.2 Å². The van der Waals surface area contributed by atoms with Crippen molar-refractivity contribution < 1.29 is 9.47 Å². The molecule has 2 aliphatic rings. The van der Waals surface area contributed by atoms with E-state index in [4.69, 9.17) is 9.47 Å². The van der Waals surface area contributed by atoms with Crippen LogP contribution in [0.25, 0.3) is 20.9 Å². The lowest BCUT2D eigenvalue weighted by molar-refractivity contribution is -0.123. The number of nitrogens with zero attached hydrogens (tertiary/aromatic N) is 2. The van der Waals surface area contributed by atoms with Crippen LogP contribution in [-0.2, 0) is 15.3 Å². The van der Waals surface area contributed by atoms with E-state index in [0.29, 0.717) is 13.2 Å². The molecule has 0 amide bonds.